The average Bonchev–Trinajstić information content (AvgIpc) is 2.70. The molecule has 5 heteroatoms. The van der Waals surface area contributed by atoms with E-state index in [2.05, 4.69) is 10.3 Å². The number of para-hydroxylation sites is 1. The lowest BCUT2D eigenvalue weighted by Gasteiger charge is -2.07. The number of rotatable bonds is 6. The number of carbonyl (C=O) groups is 2. The van der Waals surface area contributed by atoms with Crippen molar-refractivity contribution in [1.82, 2.24) is 10.3 Å². The molecule has 3 rings (SSSR count). The van der Waals surface area contributed by atoms with E-state index >= 15 is 0 Å². The molecule has 0 spiro atoms. The third-order valence-corrected chi connectivity index (χ3v) is 4.15. The van der Waals surface area contributed by atoms with Crippen molar-refractivity contribution < 1.29 is 14.3 Å². The molecule has 3 aromatic rings. The zero-order chi connectivity index (χ0) is 19.1. The summed E-state index contributed by atoms with van der Waals surface area (Å²) < 4.78 is 5.00. The second kappa shape index (κ2) is 8.76. The third-order valence-electron chi connectivity index (χ3n) is 4.15. The van der Waals surface area contributed by atoms with Gasteiger partial charge in [0.1, 0.15) is 0 Å². The number of hydrogen-bond donors (Lipinski definition) is 1. The van der Waals surface area contributed by atoms with E-state index in [0.717, 1.165) is 27.6 Å². The van der Waals surface area contributed by atoms with Crippen LogP contribution in [0.4, 0.5) is 0 Å². The summed E-state index contributed by atoms with van der Waals surface area (Å²) in [4.78, 5) is 28.1. The van der Waals surface area contributed by atoms with E-state index in [9.17, 15) is 9.59 Å². The molecule has 0 aliphatic rings. The van der Waals surface area contributed by atoms with Gasteiger partial charge in [-0.2, -0.15) is 0 Å². The van der Waals surface area contributed by atoms with Gasteiger partial charge in [0.2, 0.25) is 0 Å². The molecule has 0 radical (unpaired) electrons. The van der Waals surface area contributed by atoms with Gasteiger partial charge in [0.05, 0.1) is 5.52 Å². The lowest BCUT2D eigenvalue weighted by molar-refractivity contribution is -0.143. The van der Waals surface area contributed by atoms with Crippen molar-refractivity contribution in [3.8, 4) is 0 Å². The van der Waals surface area contributed by atoms with E-state index in [4.69, 9.17) is 4.74 Å². The van der Waals surface area contributed by atoms with Crippen LogP contribution in [0.5, 0.6) is 0 Å². The second-order valence-corrected chi connectivity index (χ2v) is 6.07. The summed E-state index contributed by atoms with van der Waals surface area (Å²) in [7, 11) is 0. The van der Waals surface area contributed by atoms with E-state index in [1.807, 2.05) is 61.5 Å². The third kappa shape index (κ3) is 5.01. The largest absolute Gasteiger partial charge is 0.452 e. The molecule has 0 saturated carbocycles. The maximum Gasteiger partial charge on any atom is 0.331 e. The summed E-state index contributed by atoms with van der Waals surface area (Å²) in [6.45, 7) is 2.07. The normalized spacial score (nSPS) is 10.9. The van der Waals surface area contributed by atoms with Crippen molar-refractivity contribution in [3.05, 3.63) is 83.6 Å². The first-order chi connectivity index (χ1) is 13.1. The Hall–Kier alpha value is -3.47. The summed E-state index contributed by atoms with van der Waals surface area (Å²) in [5, 5.41) is 3.73. The highest BCUT2D eigenvalue weighted by Crippen LogP contribution is 2.17. The summed E-state index contributed by atoms with van der Waals surface area (Å²) in [6, 6.07) is 17.3. The topological polar surface area (TPSA) is 68.3 Å². The van der Waals surface area contributed by atoms with Crippen molar-refractivity contribution >= 4 is 28.9 Å². The fourth-order valence-electron chi connectivity index (χ4n) is 2.66. The number of hydrogen-bond acceptors (Lipinski definition) is 4. The van der Waals surface area contributed by atoms with Crippen molar-refractivity contribution in [2.45, 2.75) is 13.5 Å². The number of benzene rings is 2. The van der Waals surface area contributed by atoms with E-state index in [1.54, 1.807) is 12.3 Å². The van der Waals surface area contributed by atoms with Crippen molar-refractivity contribution in [1.29, 1.82) is 0 Å². The number of aromatic nitrogens is 1. The van der Waals surface area contributed by atoms with Crippen LogP contribution in [0.15, 0.2) is 66.9 Å². The van der Waals surface area contributed by atoms with Gasteiger partial charge in [-0.3, -0.25) is 9.78 Å². The first-order valence-electron chi connectivity index (χ1n) is 8.63. The molecule has 0 bridgehead atoms. The molecule has 27 heavy (non-hydrogen) atoms. The maximum atomic E-state index is 11.9. The Bertz CT molecular complexity index is 990. The molecule has 0 saturated heterocycles. The summed E-state index contributed by atoms with van der Waals surface area (Å²) in [5.74, 6) is -0.916. The molecule has 0 aliphatic heterocycles. The molecule has 1 N–H and O–H groups in total. The predicted octanol–water partition coefficient (Wildman–Crippen LogP) is 3.42. The zero-order valence-corrected chi connectivity index (χ0v) is 15.0. The number of nitrogens with one attached hydrogen (secondary N) is 1. The summed E-state index contributed by atoms with van der Waals surface area (Å²) >= 11 is 0. The SMILES string of the molecule is Cc1ccccc1CNC(=O)COC(=O)/C=C/c1cccc2cccnc12. The quantitative estimate of drug-likeness (QED) is 0.540. The fourth-order valence-corrected chi connectivity index (χ4v) is 2.66. The Kier molecular flexibility index (Phi) is 5.94. The molecular weight excluding hydrogens is 340 g/mol. The Morgan fingerprint density at radius 2 is 1.89 bits per heavy atom. The van der Waals surface area contributed by atoms with E-state index in [0.29, 0.717) is 6.54 Å². The van der Waals surface area contributed by atoms with Crippen LogP contribution >= 0.6 is 0 Å². The summed E-state index contributed by atoms with van der Waals surface area (Å²) in [6.07, 6.45) is 4.65. The number of carbonyl (C=O) groups excluding carboxylic acids is 2. The van der Waals surface area contributed by atoms with Gasteiger partial charge in [-0.25, -0.2) is 4.79 Å². The van der Waals surface area contributed by atoms with Crippen LogP contribution in [0.2, 0.25) is 0 Å². The molecule has 5 nitrogen and oxygen atoms in total. The van der Waals surface area contributed by atoms with Crippen LogP contribution in [0, 0.1) is 6.92 Å². The molecule has 0 fully saturated rings. The molecule has 1 aromatic heterocycles. The molecule has 0 unspecified atom stereocenters. The number of esters is 1. The Morgan fingerprint density at radius 3 is 2.74 bits per heavy atom. The molecule has 1 heterocycles. The number of ether oxygens (including phenoxy) is 1. The minimum atomic E-state index is -0.575. The first kappa shape index (κ1) is 18.3. The van der Waals surface area contributed by atoms with Crippen molar-refractivity contribution in [2.75, 3.05) is 6.61 Å². The van der Waals surface area contributed by atoms with E-state index in [1.165, 1.54) is 6.08 Å². The molecular formula is C22H20N2O3. The van der Waals surface area contributed by atoms with Crippen LogP contribution in [0.1, 0.15) is 16.7 Å². The maximum absolute atomic E-state index is 11.9. The van der Waals surface area contributed by atoms with Gasteiger partial charge >= 0.3 is 5.97 Å². The van der Waals surface area contributed by atoms with Crippen molar-refractivity contribution in [2.24, 2.45) is 0 Å². The minimum absolute atomic E-state index is 0.317. The van der Waals surface area contributed by atoms with Crippen LogP contribution < -0.4 is 5.32 Å². The lowest BCUT2D eigenvalue weighted by Crippen LogP contribution is -2.28. The second-order valence-electron chi connectivity index (χ2n) is 6.07. The molecule has 136 valence electrons. The number of amides is 1. The van der Waals surface area contributed by atoms with Crippen LogP contribution in [-0.4, -0.2) is 23.5 Å². The number of aryl methyl sites for hydroxylation is 1. The van der Waals surface area contributed by atoms with Gasteiger partial charge in [0.25, 0.3) is 5.91 Å². The molecule has 1 amide bonds. The molecule has 0 aliphatic carbocycles. The summed E-state index contributed by atoms with van der Waals surface area (Å²) in [5.41, 5.74) is 3.75. The highest BCUT2D eigenvalue weighted by Gasteiger charge is 2.06. The van der Waals surface area contributed by atoms with Gasteiger partial charge in [-0.15, -0.1) is 0 Å². The monoisotopic (exact) mass is 360 g/mol. The average molecular weight is 360 g/mol. The van der Waals surface area contributed by atoms with E-state index in [-0.39, 0.29) is 12.5 Å². The Balaban J connectivity index is 1.51. The predicted molar refractivity (Wildman–Crippen MR) is 105 cm³/mol. The molecule has 0 atom stereocenters. The first-order valence-corrected chi connectivity index (χ1v) is 8.63. The van der Waals surface area contributed by atoms with Gasteiger partial charge < -0.3 is 10.1 Å². The highest BCUT2D eigenvalue weighted by molar-refractivity contribution is 5.93. The number of pyridine rings is 1. The smallest absolute Gasteiger partial charge is 0.331 e. The van der Waals surface area contributed by atoms with Gasteiger partial charge in [0, 0.05) is 29.8 Å². The van der Waals surface area contributed by atoms with Gasteiger partial charge in [-0.05, 0) is 30.2 Å². The Labute approximate surface area is 157 Å². The number of nitrogens with zero attached hydrogens (tertiary/aromatic N) is 1. The molecule has 2 aromatic carbocycles. The fraction of sp³-hybridized carbons (Fsp3) is 0.136. The van der Waals surface area contributed by atoms with E-state index < -0.39 is 5.97 Å². The minimum Gasteiger partial charge on any atom is -0.452 e. The number of fused-ring (bicyclic) bond motifs is 1. The van der Waals surface area contributed by atoms with Crippen LogP contribution in [-0.2, 0) is 20.9 Å². The Morgan fingerprint density at radius 1 is 1.07 bits per heavy atom. The van der Waals surface area contributed by atoms with Crippen LogP contribution in [0.3, 0.4) is 0 Å². The lowest BCUT2D eigenvalue weighted by atomic mass is 10.1. The van der Waals surface area contributed by atoms with Crippen LogP contribution in [0.25, 0.3) is 17.0 Å². The van der Waals surface area contributed by atoms with Crippen molar-refractivity contribution in [3.63, 3.8) is 0 Å². The van der Waals surface area contributed by atoms with Gasteiger partial charge in [-0.1, -0.05) is 48.5 Å². The standard InChI is InChI=1S/C22H20N2O3/c1-16-6-2-3-7-19(16)14-24-20(25)15-27-21(26)12-11-18-9-4-8-17-10-5-13-23-22(17)18/h2-13H,14-15H2,1H3,(H,24,25)/b12-11+. The zero-order valence-electron chi connectivity index (χ0n) is 15.0. The highest BCUT2D eigenvalue weighted by atomic mass is 16.5. The van der Waals surface area contributed by atoms with Gasteiger partial charge in [0.15, 0.2) is 6.61 Å².